The van der Waals surface area contributed by atoms with Gasteiger partial charge in [-0.2, -0.15) is 0 Å². The summed E-state index contributed by atoms with van der Waals surface area (Å²) >= 11 is 6.94. The van der Waals surface area contributed by atoms with Crippen LogP contribution in [0, 0.1) is 5.82 Å². The largest absolute Gasteiger partial charge is 0.378 e. The molecule has 1 aliphatic heterocycles. The van der Waals surface area contributed by atoms with Gasteiger partial charge in [0.15, 0.2) is 5.17 Å². The van der Waals surface area contributed by atoms with Gasteiger partial charge in [0.1, 0.15) is 21.9 Å². The number of benzene rings is 1. The number of nitrogens with zero attached hydrogens (tertiary/aromatic N) is 3. The Morgan fingerprint density at radius 3 is 2.68 bits per heavy atom. The Hall–Kier alpha value is -2.71. The fraction of sp³-hybridized carbons (Fsp3) is 0.227. The molecule has 0 spiro atoms. The summed E-state index contributed by atoms with van der Waals surface area (Å²) in [5.74, 6) is -1.27. The number of nitrogens with two attached hydrogens (primary N) is 1. The molecule has 0 radical (unpaired) electrons. The Balaban J connectivity index is 1.74. The number of rotatable bonds is 4. The molecule has 9 heteroatoms. The summed E-state index contributed by atoms with van der Waals surface area (Å²) in [7, 11) is 3.31. The smallest absolute Gasteiger partial charge is 0.247 e. The SMILES string of the molecule is CN(C)C(=O)[C@]12C=C1[C@@](C)(c1cc(/C=C(\F)c3ccc(Cl)cn3)ccc1F)N=C(N)S2. The van der Waals surface area contributed by atoms with Crippen LogP contribution in [0.15, 0.2) is 53.2 Å². The molecule has 2 N–H and O–H groups in total. The van der Waals surface area contributed by atoms with E-state index in [0.717, 1.165) is 11.8 Å². The summed E-state index contributed by atoms with van der Waals surface area (Å²) in [4.78, 5) is 22.7. The monoisotopic (exact) mass is 460 g/mol. The molecule has 4 rings (SSSR count). The molecule has 0 saturated heterocycles. The first-order chi connectivity index (χ1) is 14.6. The molecule has 0 bridgehead atoms. The van der Waals surface area contributed by atoms with Crippen molar-refractivity contribution < 1.29 is 13.6 Å². The molecule has 1 aromatic heterocycles. The number of hydrogen-bond donors (Lipinski definition) is 1. The van der Waals surface area contributed by atoms with Gasteiger partial charge in [0, 0.05) is 25.9 Å². The number of fused-ring (bicyclic) bond motifs is 1. The van der Waals surface area contributed by atoms with E-state index in [1.807, 2.05) is 0 Å². The Morgan fingerprint density at radius 1 is 1.29 bits per heavy atom. The van der Waals surface area contributed by atoms with Crippen LogP contribution in [-0.2, 0) is 10.3 Å². The van der Waals surface area contributed by atoms with E-state index >= 15 is 0 Å². The van der Waals surface area contributed by atoms with E-state index in [1.54, 1.807) is 27.1 Å². The van der Waals surface area contributed by atoms with Crippen LogP contribution in [0.2, 0.25) is 5.02 Å². The van der Waals surface area contributed by atoms with E-state index in [1.165, 1.54) is 47.5 Å². The lowest BCUT2D eigenvalue weighted by atomic mass is 9.86. The molecule has 0 unspecified atom stereocenters. The Morgan fingerprint density at radius 2 is 2.03 bits per heavy atom. The second-order valence-electron chi connectivity index (χ2n) is 7.71. The van der Waals surface area contributed by atoms with E-state index in [0.29, 0.717) is 16.2 Å². The van der Waals surface area contributed by atoms with Gasteiger partial charge in [-0.1, -0.05) is 35.5 Å². The van der Waals surface area contributed by atoms with Gasteiger partial charge in [0.05, 0.1) is 10.7 Å². The summed E-state index contributed by atoms with van der Waals surface area (Å²) in [6.07, 6.45) is 4.37. The molecule has 2 aromatic rings. The molecule has 5 nitrogen and oxygen atoms in total. The second kappa shape index (κ2) is 7.46. The number of halogens is 3. The normalized spacial score (nSPS) is 24.8. The maximum absolute atomic E-state index is 14.9. The van der Waals surface area contributed by atoms with Crippen molar-refractivity contribution in [3.8, 4) is 0 Å². The van der Waals surface area contributed by atoms with Gasteiger partial charge in [-0.05, 0) is 48.4 Å². The van der Waals surface area contributed by atoms with Crippen molar-refractivity contribution in [2.24, 2.45) is 10.7 Å². The number of hydrogen-bond acceptors (Lipinski definition) is 5. The highest BCUT2D eigenvalue weighted by Gasteiger charge is 2.63. The van der Waals surface area contributed by atoms with Gasteiger partial charge in [0.25, 0.3) is 0 Å². The summed E-state index contributed by atoms with van der Waals surface area (Å²) < 4.78 is 28.6. The van der Waals surface area contributed by atoms with E-state index in [2.05, 4.69) is 9.98 Å². The van der Waals surface area contributed by atoms with Crippen LogP contribution in [0.1, 0.15) is 23.7 Å². The first-order valence-corrected chi connectivity index (χ1v) is 10.6. The Bertz CT molecular complexity index is 1180. The van der Waals surface area contributed by atoms with E-state index in [4.69, 9.17) is 17.3 Å². The number of amides is 1. The number of carbonyl (C=O) groups is 1. The van der Waals surface area contributed by atoms with E-state index in [-0.39, 0.29) is 22.3 Å². The number of aromatic nitrogens is 1. The molecule has 1 aromatic carbocycles. The summed E-state index contributed by atoms with van der Waals surface area (Å²) in [5, 5.41) is 0.583. The highest BCUT2D eigenvalue weighted by molar-refractivity contribution is 8.16. The van der Waals surface area contributed by atoms with E-state index < -0.39 is 21.9 Å². The fourth-order valence-electron chi connectivity index (χ4n) is 3.72. The molecule has 0 fully saturated rings. The van der Waals surface area contributed by atoms with Crippen LogP contribution in [0.25, 0.3) is 11.9 Å². The molecule has 2 atom stereocenters. The molecule has 2 aliphatic rings. The zero-order valence-electron chi connectivity index (χ0n) is 17.0. The molecule has 31 heavy (non-hydrogen) atoms. The van der Waals surface area contributed by atoms with Crippen LogP contribution in [0.4, 0.5) is 8.78 Å². The Labute approximate surface area is 187 Å². The number of carbonyl (C=O) groups excluding carboxylic acids is 1. The lowest BCUT2D eigenvalue weighted by Gasteiger charge is -2.34. The lowest BCUT2D eigenvalue weighted by Crippen LogP contribution is -2.43. The highest BCUT2D eigenvalue weighted by atomic mass is 35.5. The van der Waals surface area contributed by atoms with Gasteiger partial charge in [0.2, 0.25) is 5.91 Å². The average molecular weight is 461 g/mol. The first kappa shape index (κ1) is 21.5. The van der Waals surface area contributed by atoms with Crippen LogP contribution in [0.5, 0.6) is 0 Å². The maximum atomic E-state index is 14.9. The van der Waals surface area contributed by atoms with E-state index in [9.17, 15) is 13.6 Å². The van der Waals surface area contributed by atoms with Crippen molar-refractivity contribution in [1.29, 1.82) is 0 Å². The zero-order valence-corrected chi connectivity index (χ0v) is 18.6. The van der Waals surface area contributed by atoms with Crippen molar-refractivity contribution in [2.75, 3.05) is 14.1 Å². The van der Waals surface area contributed by atoms with Crippen LogP contribution >= 0.6 is 23.4 Å². The quantitative estimate of drug-likeness (QED) is 0.687. The molecular formula is C22H19ClF2N4OS. The molecule has 0 saturated carbocycles. The maximum Gasteiger partial charge on any atom is 0.247 e. The van der Waals surface area contributed by atoms with Gasteiger partial charge in [-0.3, -0.25) is 9.78 Å². The minimum Gasteiger partial charge on any atom is -0.378 e. The first-order valence-electron chi connectivity index (χ1n) is 9.36. The molecule has 160 valence electrons. The molecular weight excluding hydrogens is 442 g/mol. The average Bonchev–Trinajstić information content (AvgIpc) is 3.45. The van der Waals surface area contributed by atoms with Crippen molar-refractivity contribution in [3.63, 3.8) is 0 Å². The van der Waals surface area contributed by atoms with Gasteiger partial charge >= 0.3 is 0 Å². The second-order valence-corrected chi connectivity index (χ2v) is 9.41. The van der Waals surface area contributed by atoms with Gasteiger partial charge in [-0.15, -0.1) is 0 Å². The zero-order chi connectivity index (χ0) is 22.6. The topological polar surface area (TPSA) is 71.6 Å². The Kier molecular flexibility index (Phi) is 5.18. The van der Waals surface area contributed by atoms with Crippen molar-refractivity contribution in [3.05, 3.63) is 75.8 Å². The molecule has 1 amide bonds. The minimum absolute atomic E-state index is 0.110. The van der Waals surface area contributed by atoms with Crippen LogP contribution in [-0.4, -0.2) is 39.8 Å². The van der Waals surface area contributed by atoms with Crippen LogP contribution < -0.4 is 5.73 Å². The van der Waals surface area contributed by atoms with Crippen molar-refractivity contribution in [1.82, 2.24) is 9.88 Å². The standard InChI is InChI=1S/C22H19ClF2N4OS/c1-21(18-10-22(18,19(30)29(2)3)31-20(26)28-21)14-8-12(4-6-15(14)24)9-16(25)17-7-5-13(23)11-27-17/h4-11H,1-3H3,(H2,26,28)/b16-9-/t21-,22+/m1/s1. The van der Waals surface area contributed by atoms with Gasteiger partial charge in [-0.25, -0.2) is 13.8 Å². The summed E-state index contributed by atoms with van der Waals surface area (Å²) in [5.41, 5.74) is 6.27. The minimum atomic E-state index is -1.18. The van der Waals surface area contributed by atoms with Crippen molar-refractivity contribution >= 4 is 46.3 Å². The van der Waals surface area contributed by atoms with Gasteiger partial charge < -0.3 is 10.6 Å². The number of aliphatic imine (C=N–C) groups is 1. The van der Waals surface area contributed by atoms with Crippen molar-refractivity contribution in [2.45, 2.75) is 17.2 Å². The number of pyridine rings is 1. The molecule has 1 aliphatic carbocycles. The predicted octanol–water partition coefficient (Wildman–Crippen LogP) is 4.39. The lowest BCUT2D eigenvalue weighted by molar-refractivity contribution is -0.128. The van der Waals surface area contributed by atoms with Crippen LogP contribution in [0.3, 0.4) is 0 Å². The third-order valence-corrected chi connectivity index (χ3v) is 6.65. The third kappa shape index (κ3) is 3.64. The third-order valence-electron chi connectivity index (χ3n) is 5.29. The number of thioether (sulfide) groups is 1. The summed E-state index contributed by atoms with van der Waals surface area (Å²) in [6, 6.07) is 7.22. The highest BCUT2D eigenvalue weighted by Crippen LogP contribution is 2.60. The fourth-order valence-corrected chi connectivity index (χ4v) is 5.15. The number of amidine groups is 1. The summed E-state index contributed by atoms with van der Waals surface area (Å²) in [6.45, 7) is 1.71. The predicted molar refractivity (Wildman–Crippen MR) is 121 cm³/mol. The molecule has 2 heterocycles.